The monoisotopic (exact) mass is 390 g/mol. The summed E-state index contributed by atoms with van der Waals surface area (Å²) in [6.45, 7) is 9.59. The normalized spacial score (nSPS) is 42.0. The van der Waals surface area contributed by atoms with E-state index in [-0.39, 0.29) is 11.7 Å². The molecule has 2 saturated carbocycles. The zero-order chi connectivity index (χ0) is 20.5. The van der Waals surface area contributed by atoms with Crippen LogP contribution in [-0.2, 0) is 14.3 Å². The predicted octanol–water partition coefficient (Wildman–Crippen LogP) is 6.03. The molecule has 3 aliphatic carbocycles. The van der Waals surface area contributed by atoms with Crippen molar-refractivity contribution in [2.75, 3.05) is 14.2 Å². The van der Waals surface area contributed by atoms with Crippen molar-refractivity contribution in [3.63, 3.8) is 0 Å². The fourth-order valence-electron chi connectivity index (χ4n) is 7.43. The van der Waals surface area contributed by atoms with Gasteiger partial charge in [0, 0.05) is 26.1 Å². The van der Waals surface area contributed by atoms with Crippen LogP contribution in [0.3, 0.4) is 0 Å². The average Bonchev–Trinajstić information content (AvgIpc) is 3.05. The molecule has 0 radical (unpaired) electrons. The first-order chi connectivity index (χ1) is 13.3. The molecule has 0 saturated heterocycles. The Morgan fingerprint density at radius 1 is 1.11 bits per heavy atom. The van der Waals surface area contributed by atoms with Gasteiger partial charge in [-0.05, 0) is 79.6 Å². The number of allylic oxidation sites excluding steroid dienone is 2. The number of carbonyl (C=O) groups excluding carboxylic acids is 1. The highest BCUT2D eigenvalue weighted by Gasteiger charge is 2.58. The van der Waals surface area contributed by atoms with Crippen LogP contribution in [0.4, 0.5) is 0 Å². The van der Waals surface area contributed by atoms with Gasteiger partial charge in [0.05, 0.1) is 0 Å². The van der Waals surface area contributed by atoms with E-state index in [1.807, 2.05) is 6.08 Å². The van der Waals surface area contributed by atoms with Crippen LogP contribution >= 0.6 is 0 Å². The molecule has 3 aliphatic rings. The second-order valence-corrected chi connectivity index (χ2v) is 10.4. The van der Waals surface area contributed by atoms with Gasteiger partial charge in [0.15, 0.2) is 12.1 Å². The number of methoxy groups -OCH3 is 2. The molecular weight excluding hydrogens is 348 g/mol. The molecule has 0 heterocycles. The van der Waals surface area contributed by atoms with E-state index in [0.29, 0.717) is 29.0 Å². The Hall–Kier alpha value is -0.670. The second-order valence-electron chi connectivity index (χ2n) is 10.4. The summed E-state index contributed by atoms with van der Waals surface area (Å²) in [5.41, 5.74) is 0.174. The third-order valence-corrected chi connectivity index (χ3v) is 9.31. The van der Waals surface area contributed by atoms with E-state index < -0.39 is 0 Å². The standard InChI is InChI=1S/C25H42O3/c1-7-17(2)19-11-12-20-18(16-23(27-5)28-6)21(13-15-24(19,20)3)25(4)14-9-8-10-22(25)26/h8,10,17-21,23H,7,9,11-16H2,1-6H3/t17-,18-,19+,20-,21-,24+,25+/m0/s1. The first-order valence-electron chi connectivity index (χ1n) is 11.6. The zero-order valence-corrected chi connectivity index (χ0v) is 19.0. The van der Waals surface area contributed by atoms with Crippen LogP contribution in [0.5, 0.6) is 0 Å². The smallest absolute Gasteiger partial charge is 0.161 e. The molecule has 3 nitrogen and oxygen atoms in total. The Morgan fingerprint density at radius 2 is 1.82 bits per heavy atom. The van der Waals surface area contributed by atoms with Crippen LogP contribution in [0.15, 0.2) is 12.2 Å². The van der Waals surface area contributed by atoms with Crippen molar-refractivity contribution >= 4 is 5.78 Å². The van der Waals surface area contributed by atoms with Gasteiger partial charge in [-0.1, -0.05) is 40.2 Å². The largest absolute Gasteiger partial charge is 0.356 e. The number of rotatable bonds is 7. The third-order valence-electron chi connectivity index (χ3n) is 9.31. The third kappa shape index (κ3) is 3.62. The maximum atomic E-state index is 13.0. The molecule has 2 fully saturated rings. The number of carbonyl (C=O) groups is 1. The molecule has 0 spiro atoms. The lowest BCUT2D eigenvalue weighted by Gasteiger charge is -2.54. The van der Waals surface area contributed by atoms with Crippen molar-refractivity contribution in [2.24, 2.45) is 40.4 Å². The van der Waals surface area contributed by atoms with Crippen LogP contribution in [0, 0.1) is 40.4 Å². The Morgan fingerprint density at radius 3 is 2.43 bits per heavy atom. The summed E-state index contributed by atoms with van der Waals surface area (Å²) in [5.74, 6) is 3.55. The molecule has 0 bridgehead atoms. The van der Waals surface area contributed by atoms with E-state index in [1.165, 1.54) is 32.1 Å². The molecule has 3 rings (SSSR count). The summed E-state index contributed by atoms with van der Waals surface area (Å²) >= 11 is 0. The van der Waals surface area contributed by atoms with Crippen LogP contribution in [0.2, 0.25) is 0 Å². The van der Waals surface area contributed by atoms with Gasteiger partial charge in [-0.15, -0.1) is 0 Å². The highest BCUT2D eigenvalue weighted by Crippen LogP contribution is 2.64. The van der Waals surface area contributed by atoms with Crippen molar-refractivity contribution in [2.45, 2.75) is 85.4 Å². The van der Waals surface area contributed by atoms with E-state index in [4.69, 9.17) is 9.47 Å². The number of ketones is 1. The summed E-state index contributed by atoms with van der Waals surface area (Å²) in [4.78, 5) is 13.0. The van der Waals surface area contributed by atoms with Crippen molar-refractivity contribution in [3.05, 3.63) is 12.2 Å². The lowest BCUT2D eigenvalue weighted by molar-refractivity contribution is -0.152. The number of hydrogen-bond acceptors (Lipinski definition) is 3. The number of fused-ring (bicyclic) bond motifs is 1. The molecule has 0 aromatic heterocycles. The van der Waals surface area contributed by atoms with Crippen molar-refractivity contribution < 1.29 is 14.3 Å². The molecule has 0 aromatic rings. The SMILES string of the molecule is CC[C@H](C)[C@H]1CC[C@H]2[C@H](CC(OC)OC)[C@@H]([C@@]3(C)CCC=CC3=O)CC[C@]12C. The topological polar surface area (TPSA) is 35.5 Å². The first-order valence-corrected chi connectivity index (χ1v) is 11.6. The molecule has 0 aromatic carbocycles. The van der Waals surface area contributed by atoms with Gasteiger partial charge in [-0.25, -0.2) is 0 Å². The molecule has 0 unspecified atom stereocenters. The highest BCUT2D eigenvalue weighted by molar-refractivity contribution is 5.95. The number of hydrogen-bond donors (Lipinski definition) is 0. The first kappa shape index (κ1) is 22.0. The Bertz CT molecular complexity index is 580. The van der Waals surface area contributed by atoms with Crippen molar-refractivity contribution in [3.8, 4) is 0 Å². The zero-order valence-electron chi connectivity index (χ0n) is 19.0. The van der Waals surface area contributed by atoms with Crippen LogP contribution < -0.4 is 0 Å². The minimum absolute atomic E-state index is 0.171. The maximum absolute atomic E-state index is 13.0. The van der Waals surface area contributed by atoms with E-state index in [0.717, 1.165) is 31.1 Å². The second kappa shape index (κ2) is 8.60. The summed E-state index contributed by atoms with van der Waals surface area (Å²) in [7, 11) is 3.50. The molecule has 160 valence electrons. The fraction of sp³-hybridized carbons (Fsp3) is 0.880. The Balaban J connectivity index is 1.94. The van der Waals surface area contributed by atoms with Crippen molar-refractivity contribution in [1.29, 1.82) is 0 Å². The minimum atomic E-state index is -0.221. The summed E-state index contributed by atoms with van der Waals surface area (Å²) in [6.07, 6.45) is 13.0. The molecule has 0 aliphatic heterocycles. The van der Waals surface area contributed by atoms with Crippen molar-refractivity contribution in [1.82, 2.24) is 0 Å². The molecule has 0 amide bonds. The predicted molar refractivity (Wildman–Crippen MR) is 114 cm³/mol. The summed E-state index contributed by atoms with van der Waals surface area (Å²) in [5, 5.41) is 0. The van der Waals surface area contributed by atoms with Crippen LogP contribution in [0.1, 0.15) is 79.1 Å². The van der Waals surface area contributed by atoms with E-state index in [2.05, 4.69) is 33.8 Å². The number of ether oxygens (including phenoxy) is 2. The lowest BCUT2D eigenvalue weighted by atomic mass is 9.50. The molecule has 0 N–H and O–H groups in total. The summed E-state index contributed by atoms with van der Waals surface area (Å²) < 4.78 is 11.3. The van der Waals surface area contributed by atoms with Gasteiger partial charge < -0.3 is 9.47 Å². The molecule has 7 atom stereocenters. The maximum Gasteiger partial charge on any atom is 0.161 e. The van der Waals surface area contributed by atoms with Crippen LogP contribution in [-0.4, -0.2) is 26.3 Å². The van der Waals surface area contributed by atoms with Gasteiger partial charge in [0.2, 0.25) is 0 Å². The van der Waals surface area contributed by atoms with Gasteiger partial charge in [-0.2, -0.15) is 0 Å². The molecular formula is C25H42O3. The van der Waals surface area contributed by atoms with Gasteiger partial charge in [-0.3, -0.25) is 4.79 Å². The minimum Gasteiger partial charge on any atom is -0.356 e. The Labute approximate surface area is 172 Å². The van der Waals surface area contributed by atoms with Gasteiger partial charge in [0.25, 0.3) is 0 Å². The Kier molecular flexibility index (Phi) is 6.76. The van der Waals surface area contributed by atoms with Crippen LogP contribution in [0.25, 0.3) is 0 Å². The highest BCUT2D eigenvalue weighted by atomic mass is 16.7. The van der Waals surface area contributed by atoms with Gasteiger partial charge >= 0.3 is 0 Å². The van der Waals surface area contributed by atoms with E-state index in [1.54, 1.807) is 14.2 Å². The van der Waals surface area contributed by atoms with E-state index >= 15 is 0 Å². The summed E-state index contributed by atoms with van der Waals surface area (Å²) in [6, 6.07) is 0. The quantitative estimate of drug-likeness (QED) is 0.498. The fourth-order valence-corrected chi connectivity index (χ4v) is 7.43. The average molecular weight is 391 g/mol. The van der Waals surface area contributed by atoms with Gasteiger partial charge in [0.1, 0.15) is 0 Å². The molecule has 3 heteroatoms. The lowest BCUT2D eigenvalue weighted by Crippen LogP contribution is -2.50. The van der Waals surface area contributed by atoms with E-state index in [9.17, 15) is 4.79 Å². The molecule has 28 heavy (non-hydrogen) atoms.